The highest BCUT2D eigenvalue weighted by atomic mass is 35.5. The molecule has 2 aromatic carbocycles. The number of nitrogens with one attached hydrogen (secondary N) is 1. The number of aryl methyl sites for hydroxylation is 2. The predicted molar refractivity (Wildman–Crippen MR) is 115 cm³/mol. The van der Waals surface area contributed by atoms with Crippen LogP contribution in [-0.4, -0.2) is 15.7 Å². The van der Waals surface area contributed by atoms with E-state index < -0.39 is 0 Å². The van der Waals surface area contributed by atoms with Crippen LogP contribution in [0, 0.1) is 6.92 Å². The van der Waals surface area contributed by atoms with Gasteiger partial charge in [-0.25, -0.2) is 4.68 Å². The normalized spacial score (nSPS) is 11.2. The molecular formula is C21H18ClN3O2S. The molecule has 5 nitrogen and oxygen atoms in total. The van der Waals surface area contributed by atoms with Gasteiger partial charge in [-0.1, -0.05) is 41.9 Å². The number of anilines is 1. The largest absolute Gasteiger partial charge is 0.325 e. The third-order valence-electron chi connectivity index (χ3n) is 4.56. The minimum atomic E-state index is -0.139. The number of rotatable bonds is 5. The number of amides is 1. The van der Waals surface area contributed by atoms with Crippen molar-refractivity contribution in [2.75, 3.05) is 5.32 Å². The van der Waals surface area contributed by atoms with Crippen molar-refractivity contribution >= 4 is 54.7 Å². The monoisotopic (exact) mass is 411 g/mol. The second-order valence-electron chi connectivity index (χ2n) is 6.55. The van der Waals surface area contributed by atoms with Gasteiger partial charge in [-0.05, 0) is 31.5 Å². The molecule has 7 heteroatoms. The van der Waals surface area contributed by atoms with E-state index in [1.165, 1.54) is 4.68 Å². The van der Waals surface area contributed by atoms with Gasteiger partial charge in [-0.2, -0.15) is 5.10 Å². The van der Waals surface area contributed by atoms with Crippen molar-refractivity contribution in [3.8, 4) is 0 Å². The van der Waals surface area contributed by atoms with E-state index in [9.17, 15) is 9.59 Å². The summed E-state index contributed by atoms with van der Waals surface area (Å²) in [7, 11) is 0. The second-order valence-corrected chi connectivity index (χ2v) is 8.01. The first kappa shape index (κ1) is 18.7. The molecular weight excluding hydrogens is 394 g/mol. The fourth-order valence-electron chi connectivity index (χ4n) is 3.23. The summed E-state index contributed by atoms with van der Waals surface area (Å²) in [6.45, 7) is 2.30. The molecule has 0 unspecified atom stereocenters. The lowest BCUT2D eigenvalue weighted by Gasteiger charge is -2.08. The summed E-state index contributed by atoms with van der Waals surface area (Å²) < 4.78 is 3.48. The van der Waals surface area contributed by atoms with Crippen molar-refractivity contribution in [2.45, 2.75) is 26.3 Å². The zero-order valence-corrected chi connectivity index (χ0v) is 16.8. The van der Waals surface area contributed by atoms with Crippen molar-refractivity contribution in [1.29, 1.82) is 0 Å². The van der Waals surface area contributed by atoms with Gasteiger partial charge >= 0.3 is 0 Å². The SMILES string of the molecule is Cc1nn(CCCC(=O)Nc2ccccc2Cl)c(=O)c2c1sc1ccccc12. The smallest absolute Gasteiger partial charge is 0.276 e. The number of fused-ring (bicyclic) bond motifs is 3. The number of halogens is 1. The van der Waals surface area contributed by atoms with Crippen molar-refractivity contribution in [3.05, 3.63) is 69.6 Å². The molecule has 0 saturated carbocycles. The van der Waals surface area contributed by atoms with Gasteiger partial charge in [-0.3, -0.25) is 9.59 Å². The lowest BCUT2D eigenvalue weighted by molar-refractivity contribution is -0.116. The Morgan fingerprint density at radius 1 is 1.18 bits per heavy atom. The molecule has 0 aliphatic rings. The van der Waals surface area contributed by atoms with Gasteiger partial charge in [0, 0.05) is 23.1 Å². The number of hydrogen-bond donors (Lipinski definition) is 1. The first-order valence-electron chi connectivity index (χ1n) is 8.98. The molecule has 0 radical (unpaired) electrons. The highest BCUT2D eigenvalue weighted by molar-refractivity contribution is 7.26. The van der Waals surface area contributed by atoms with Crippen LogP contribution >= 0.6 is 22.9 Å². The summed E-state index contributed by atoms with van der Waals surface area (Å²) >= 11 is 7.65. The first-order chi connectivity index (χ1) is 13.5. The van der Waals surface area contributed by atoms with Crippen molar-refractivity contribution < 1.29 is 4.79 Å². The summed E-state index contributed by atoms with van der Waals surface area (Å²) in [5.41, 5.74) is 1.31. The Bertz CT molecular complexity index is 1250. The number of carbonyl (C=O) groups is 1. The summed E-state index contributed by atoms with van der Waals surface area (Å²) in [6.07, 6.45) is 0.789. The van der Waals surface area contributed by atoms with Gasteiger partial charge < -0.3 is 5.32 Å². The number of carbonyl (C=O) groups excluding carboxylic acids is 1. The quantitative estimate of drug-likeness (QED) is 0.503. The van der Waals surface area contributed by atoms with E-state index in [1.807, 2.05) is 43.3 Å². The highest BCUT2D eigenvalue weighted by Crippen LogP contribution is 2.32. The molecule has 0 saturated heterocycles. The number of hydrogen-bond acceptors (Lipinski definition) is 4. The molecule has 0 bridgehead atoms. The Kier molecular flexibility index (Phi) is 5.15. The van der Waals surface area contributed by atoms with Gasteiger partial charge in [0.1, 0.15) is 0 Å². The Morgan fingerprint density at radius 3 is 2.75 bits per heavy atom. The maximum atomic E-state index is 13.0. The number of nitrogens with zero attached hydrogens (tertiary/aromatic N) is 2. The van der Waals surface area contributed by atoms with Crippen molar-refractivity contribution in [2.24, 2.45) is 0 Å². The van der Waals surface area contributed by atoms with Crippen molar-refractivity contribution in [1.82, 2.24) is 9.78 Å². The first-order valence-corrected chi connectivity index (χ1v) is 10.2. The molecule has 0 aliphatic carbocycles. The lowest BCUT2D eigenvalue weighted by Crippen LogP contribution is -2.24. The van der Waals surface area contributed by atoms with Crippen LogP contribution in [0.25, 0.3) is 20.2 Å². The molecule has 2 aromatic heterocycles. The second kappa shape index (κ2) is 7.73. The molecule has 0 spiro atoms. The summed E-state index contributed by atoms with van der Waals surface area (Å²) in [4.78, 5) is 25.1. The summed E-state index contributed by atoms with van der Waals surface area (Å²) in [6, 6.07) is 15.0. The molecule has 4 rings (SSSR count). The van der Waals surface area contributed by atoms with E-state index in [-0.39, 0.29) is 17.9 Å². The molecule has 0 atom stereocenters. The average Bonchev–Trinajstić information content (AvgIpc) is 3.08. The van der Waals surface area contributed by atoms with Crippen LogP contribution in [0.1, 0.15) is 18.5 Å². The number of thiophene rings is 1. The maximum absolute atomic E-state index is 13.0. The Morgan fingerprint density at radius 2 is 1.93 bits per heavy atom. The number of aromatic nitrogens is 2. The van der Waals surface area contributed by atoms with E-state index in [1.54, 1.807) is 23.5 Å². The lowest BCUT2D eigenvalue weighted by atomic mass is 10.2. The molecule has 0 aliphatic heterocycles. The van der Waals surface area contributed by atoms with E-state index in [0.717, 1.165) is 20.5 Å². The van der Waals surface area contributed by atoms with E-state index in [2.05, 4.69) is 10.4 Å². The van der Waals surface area contributed by atoms with Gasteiger partial charge in [0.05, 0.1) is 26.5 Å². The third kappa shape index (κ3) is 3.53. The minimum absolute atomic E-state index is 0.107. The third-order valence-corrected chi connectivity index (χ3v) is 6.17. The standard InChI is InChI=1S/C21H18ClN3O2S/c1-13-20-19(14-7-2-5-10-17(14)28-20)21(27)25(24-13)12-6-11-18(26)23-16-9-4-3-8-15(16)22/h2-5,7-10H,6,11-12H2,1H3,(H,23,26). The Labute approximate surface area is 170 Å². The van der Waals surface area contributed by atoms with Crippen LogP contribution in [0.2, 0.25) is 5.02 Å². The summed E-state index contributed by atoms with van der Waals surface area (Å²) in [5.74, 6) is -0.139. The average molecular weight is 412 g/mol. The predicted octanol–water partition coefficient (Wildman–Crippen LogP) is 4.99. The van der Waals surface area contributed by atoms with E-state index in [4.69, 9.17) is 11.6 Å². The zero-order valence-electron chi connectivity index (χ0n) is 15.2. The van der Waals surface area contributed by atoms with Crippen LogP contribution in [0.3, 0.4) is 0 Å². The Balaban J connectivity index is 1.51. The Hall–Kier alpha value is -2.70. The van der Waals surface area contributed by atoms with Crippen LogP contribution < -0.4 is 10.9 Å². The van der Waals surface area contributed by atoms with Gasteiger partial charge in [-0.15, -0.1) is 11.3 Å². The molecule has 0 fully saturated rings. The van der Waals surface area contributed by atoms with E-state index >= 15 is 0 Å². The van der Waals surface area contributed by atoms with Crippen LogP contribution in [0.5, 0.6) is 0 Å². The van der Waals surface area contributed by atoms with Gasteiger partial charge in [0.2, 0.25) is 5.91 Å². The van der Waals surface area contributed by atoms with E-state index in [0.29, 0.717) is 29.1 Å². The molecule has 28 heavy (non-hydrogen) atoms. The molecule has 1 N–H and O–H groups in total. The fraction of sp³-hybridized carbons (Fsp3) is 0.190. The summed E-state index contributed by atoms with van der Waals surface area (Å²) in [5, 5.41) is 9.42. The van der Waals surface area contributed by atoms with Crippen molar-refractivity contribution in [3.63, 3.8) is 0 Å². The van der Waals surface area contributed by atoms with Gasteiger partial charge in [0.25, 0.3) is 5.56 Å². The number of benzene rings is 2. The number of para-hydroxylation sites is 1. The van der Waals surface area contributed by atoms with Crippen LogP contribution in [-0.2, 0) is 11.3 Å². The van der Waals surface area contributed by atoms with Crippen LogP contribution in [0.15, 0.2) is 53.3 Å². The maximum Gasteiger partial charge on any atom is 0.276 e. The molecule has 1 amide bonds. The van der Waals surface area contributed by atoms with Gasteiger partial charge in [0.15, 0.2) is 0 Å². The molecule has 142 valence electrons. The zero-order chi connectivity index (χ0) is 19.7. The minimum Gasteiger partial charge on any atom is -0.325 e. The fourth-order valence-corrected chi connectivity index (χ4v) is 4.55. The molecule has 2 heterocycles. The van der Waals surface area contributed by atoms with Crippen LogP contribution in [0.4, 0.5) is 5.69 Å². The highest BCUT2D eigenvalue weighted by Gasteiger charge is 2.14. The molecule has 4 aromatic rings. The topological polar surface area (TPSA) is 64.0 Å².